The molecule has 1 heterocycles. The van der Waals surface area contributed by atoms with Crippen LogP contribution in [0.2, 0.25) is 0 Å². The van der Waals surface area contributed by atoms with Crippen LogP contribution in [0.5, 0.6) is 0 Å². The van der Waals surface area contributed by atoms with Crippen LogP contribution in [-0.4, -0.2) is 61.0 Å². The summed E-state index contributed by atoms with van der Waals surface area (Å²) in [6.07, 6.45) is 1.30. The van der Waals surface area contributed by atoms with Crippen LogP contribution < -0.4 is 0 Å². The molecule has 0 aromatic heterocycles. The van der Waals surface area contributed by atoms with Gasteiger partial charge in [0.2, 0.25) is 5.91 Å². The number of piperazine rings is 1. The van der Waals surface area contributed by atoms with Crippen molar-refractivity contribution in [1.29, 1.82) is 0 Å². The third-order valence-electron chi connectivity index (χ3n) is 4.65. The molecular formula is C14H24N2O3. The van der Waals surface area contributed by atoms with E-state index in [2.05, 4.69) is 25.8 Å². The standard InChI is InChI=1S/C14H24N2O3/c1-14(2)9-16(6-5-15(14)3)12(17)10-7-11(8-10)13(18)19-4/h10-11H,5-9H2,1-4H3. The van der Waals surface area contributed by atoms with E-state index in [1.807, 2.05) is 4.90 Å². The van der Waals surface area contributed by atoms with Crippen molar-refractivity contribution in [3.63, 3.8) is 0 Å². The Morgan fingerprint density at radius 2 is 1.79 bits per heavy atom. The van der Waals surface area contributed by atoms with Crippen LogP contribution in [0.25, 0.3) is 0 Å². The normalized spacial score (nSPS) is 30.6. The zero-order valence-electron chi connectivity index (χ0n) is 12.3. The van der Waals surface area contributed by atoms with Crippen molar-refractivity contribution in [1.82, 2.24) is 9.80 Å². The summed E-state index contributed by atoms with van der Waals surface area (Å²) in [5, 5.41) is 0. The smallest absolute Gasteiger partial charge is 0.308 e. The third kappa shape index (κ3) is 2.76. The number of methoxy groups -OCH3 is 1. The van der Waals surface area contributed by atoms with E-state index >= 15 is 0 Å². The molecule has 5 nitrogen and oxygen atoms in total. The first-order valence-electron chi connectivity index (χ1n) is 6.93. The molecule has 1 saturated carbocycles. The van der Waals surface area contributed by atoms with Crippen molar-refractivity contribution in [2.75, 3.05) is 33.8 Å². The highest BCUT2D eigenvalue weighted by atomic mass is 16.5. The van der Waals surface area contributed by atoms with Gasteiger partial charge in [0.15, 0.2) is 0 Å². The monoisotopic (exact) mass is 268 g/mol. The Bertz CT molecular complexity index is 375. The van der Waals surface area contributed by atoms with E-state index in [0.717, 1.165) is 19.6 Å². The molecule has 2 aliphatic rings. The topological polar surface area (TPSA) is 49.9 Å². The largest absolute Gasteiger partial charge is 0.469 e. The fourth-order valence-corrected chi connectivity index (χ4v) is 2.87. The number of rotatable bonds is 2. The van der Waals surface area contributed by atoms with E-state index in [4.69, 9.17) is 4.74 Å². The van der Waals surface area contributed by atoms with E-state index < -0.39 is 0 Å². The summed E-state index contributed by atoms with van der Waals surface area (Å²) in [6.45, 7) is 6.78. The summed E-state index contributed by atoms with van der Waals surface area (Å²) in [5.74, 6) is -0.0215. The summed E-state index contributed by atoms with van der Waals surface area (Å²) in [6, 6.07) is 0. The van der Waals surface area contributed by atoms with E-state index in [1.165, 1.54) is 7.11 Å². The van der Waals surface area contributed by atoms with Crippen molar-refractivity contribution in [3.8, 4) is 0 Å². The molecule has 19 heavy (non-hydrogen) atoms. The second-order valence-corrected chi connectivity index (χ2v) is 6.38. The number of ether oxygens (including phenoxy) is 1. The Balaban J connectivity index is 1.87. The summed E-state index contributed by atoms with van der Waals surface area (Å²) in [4.78, 5) is 28.0. The van der Waals surface area contributed by atoms with Crippen molar-refractivity contribution < 1.29 is 14.3 Å². The number of nitrogens with zero attached hydrogens (tertiary/aromatic N) is 2. The molecule has 2 rings (SSSR count). The van der Waals surface area contributed by atoms with Crippen LogP contribution in [0.3, 0.4) is 0 Å². The second kappa shape index (κ2) is 5.12. The van der Waals surface area contributed by atoms with Gasteiger partial charge < -0.3 is 9.64 Å². The number of hydrogen-bond acceptors (Lipinski definition) is 4. The summed E-state index contributed by atoms with van der Waals surface area (Å²) in [7, 11) is 3.50. The number of hydrogen-bond donors (Lipinski definition) is 0. The van der Waals surface area contributed by atoms with E-state index in [1.54, 1.807) is 0 Å². The maximum atomic E-state index is 12.4. The van der Waals surface area contributed by atoms with Crippen molar-refractivity contribution >= 4 is 11.9 Å². The Labute approximate surface area is 114 Å². The number of esters is 1. The van der Waals surface area contributed by atoms with Crippen LogP contribution in [0.15, 0.2) is 0 Å². The molecule has 0 atom stereocenters. The van der Waals surface area contributed by atoms with E-state index in [-0.39, 0.29) is 29.3 Å². The minimum atomic E-state index is -0.178. The molecule has 1 saturated heterocycles. The van der Waals surface area contributed by atoms with Gasteiger partial charge in [-0.15, -0.1) is 0 Å². The Kier molecular flexibility index (Phi) is 3.85. The van der Waals surface area contributed by atoms with Gasteiger partial charge >= 0.3 is 5.97 Å². The van der Waals surface area contributed by atoms with Gasteiger partial charge in [0.05, 0.1) is 13.0 Å². The molecule has 0 spiro atoms. The lowest BCUT2D eigenvalue weighted by molar-refractivity contribution is -0.155. The third-order valence-corrected chi connectivity index (χ3v) is 4.65. The lowest BCUT2D eigenvalue weighted by Gasteiger charge is -2.47. The molecule has 0 bridgehead atoms. The van der Waals surface area contributed by atoms with Gasteiger partial charge in [0, 0.05) is 31.1 Å². The molecule has 108 valence electrons. The quantitative estimate of drug-likeness (QED) is 0.693. The average molecular weight is 268 g/mol. The SMILES string of the molecule is COC(=O)C1CC(C(=O)N2CCN(C)C(C)(C)C2)C1. The van der Waals surface area contributed by atoms with Gasteiger partial charge in [-0.3, -0.25) is 14.5 Å². The highest BCUT2D eigenvalue weighted by Crippen LogP contribution is 2.36. The number of amides is 1. The Hall–Kier alpha value is -1.10. The highest BCUT2D eigenvalue weighted by Gasteiger charge is 2.43. The fourth-order valence-electron chi connectivity index (χ4n) is 2.87. The molecule has 0 N–H and O–H groups in total. The van der Waals surface area contributed by atoms with Gasteiger partial charge in [0.25, 0.3) is 0 Å². The van der Waals surface area contributed by atoms with Gasteiger partial charge in [-0.1, -0.05) is 0 Å². The molecule has 0 unspecified atom stereocenters. The second-order valence-electron chi connectivity index (χ2n) is 6.38. The molecule has 0 aromatic rings. The molecule has 2 fully saturated rings. The Morgan fingerprint density at radius 1 is 1.16 bits per heavy atom. The number of carbonyl (C=O) groups is 2. The summed E-state index contributed by atoms with van der Waals surface area (Å²) < 4.78 is 4.70. The molecule has 1 aliphatic heterocycles. The number of likely N-dealkylation sites (N-methyl/N-ethyl adjacent to an activating group) is 1. The van der Waals surface area contributed by atoms with Crippen molar-refractivity contribution in [2.24, 2.45) is 11.8 Å². The first-order valence-corrected chi connectivity index (χ1v) is 6.93. The maximum absolute atomic E-state index is 12.4. The predicted molar refractivity (Wildman–Crippen MR) is 71.5 cm³/mol. The van der Waals surface area contributed by atoms with Gasteiger partial charge in [0.1, 0.15) is 0 Å². The average Bonchev–Trinajstić information content (AvgIpc) is 2.30. The molecular weight excluding hydrogens is 244 g/mol. The fraction of sp³-hybridized carbons (Fsp3) is 0.857. The summed E-state index contributed by atoms with van der Waals surface area (Å²) >= 11 is 0. The zero-order chi connectivity index (χ0) is 14.2. The van der Waals surface area contributed by atoms with Crippen molar-refractivity contribution in [3.05, 3.63) is 0 Å². The Morgan fingerprint density at radius 3 is 2.32 bits per heavy atom. The van der Waals surface area contributed by atoms with Crippen LogP contribution in [0.1, 0.15) is 26.7 Å². The zero-order valence-corrected chi connectivity index (χ0v) is 12.3. The first kappa shape index (κ1) is 14.3. The van der Waals surface area contributed by atoms with Gasteiger partial charge in [-0.25, -0.2) is 0 Å². The van der Waals surface area contributed by atoms with Crippen molar-refractivity contribution in [2.45, 2.75) is 32.2 Å². The predicted octanol–water partition coefficient (Wildman–Crippen LogP) is 0.738. The highest BCUT2D eigenvalue weighted by molar-refractivity contribution is 5.83. The lowest BCUT2D eigenvalue weighted by atomic mass is 9.74. The van der Waals surface area contributed by atoms with Gasteiger partial charge in [-0.2, -0.15) is 0 Å². The van der Waals surface area contributed by atoms with E-state index in [9.17, 15) is 9.59 Å². The number of carbonyl (C=O) groups excluding carboxylic acids is 2. The molecule has 0 aromatic carbocycles. The van der Waals surface area contributed by atoms with Crippen LogP contribution in [0.4, 0.5) is 0 Å². The lowest BCUT2D eigenvalue weighted by Crippen LogP contribution is -2.60. The maximum Gasteiger partial charge on any atom is 0.308 e. The minimum Gasteiger partial charge on any atom is -0.469 e. The van der Waals surface area contributed by atoms with E-state index in [0.29, 0.717) is 12.8 Å². The molecule has 0 radical (unpaired) electrons. The first-order chi connectivity index (χ1) is 8.85. The van der Waals surface area contributed by atoms with Crippen LogP contribution in [-0.2, 0) is 14.3 Å². The van der Waals surface area contributed by atoms with Gasteiger partial charge in [-0.05, 0) is 33.7 Å². The van der Waals surface area contributed by atoms with Crippen LogP contribution >= 0.6 is 0 Å². The van der Waals surface area contributed by atoms with Crippen LogP contribution in [0, 0.1) is 11.8 Å². The molecule has 5 heteroatoms. The summed E-state index contributed by atoms with van der Waals surface area (Å²) in [5.41, 5.74) is 0.0272. The molecule has 1 amide bonds. The minimum absolute atomic E-state index is 0.0170. The molecule has 1 aliphatic carbocycles.